The van der Waals surface area contributed by atoms with Crippen LogP contribution in [0.1, 0.15) is 31.4 Å². The van der Waals surface area contributed by atoms with Crippen molar-refractivity contribution in [3.05, 3.63) is 102 Å². The summed E-state index contributed by atoms with van der Waals surface area (Å²) in [6.07, 6.45) is 24.3. The number of rotatable bonds is 8. The van der Waals surface area contributed by atoms with Crippen molar-refractivity contribution in [2.45, 2.75) is 38.3 Å². The van der Waals surface area contributed by atoms with Gasteiger partial charge in [0.15, 0.2) is 11.5 Å². The van der Waals surface area contributed by atoms with Crippen molar-refractivity contribution in [1.29, 1.82) is 5.26 Å². The minimum atomic E-state index is -0.248. The molecule has 0 aromatic carbocycles. The standard InChI is InChI=1S/C30H34N6O2/c1-3-4-5-6-10-20-36-27(15-18-32-36)29-30(37)28(38-2)17-22-35(33-29)25-13-11-19-34(21-16-25)26-14-9-7-8-12-24(26)23-31/h3-10,14-15,17-18,25H,1,11-13,16,19-22H2,2H3/b5-4-,10-6-. The van der Waals surface area contributed by atoms with E-state index >= 15 is 0 Å². The second-order valence-electron chi connectivity index (χ2n) is 9.16. The number of methoxy groups -OCH3 is 1. The van der Waals surface area contributed by atoms with Gasteiger partial charge in [0.1, 0.15) is 0 Å². The summed E-state index contributed by atoms with van der Waals surface area (Å²) < 4.78 is 7.22. The first kappa shape index (κ1) is 26.7. The van der Waals surface area contributed by atoms with E-state index in [1.54, 1.807) is 17.0 Å². The first-order valence-electron chi connectivity index (χ1n) is 13.0. The number of nitrogens with zero attached hydrogens (tertiary/aromatic N) is 6. The molecule has 1 saturated heterocycles. The van der Waals surface area contributed by atoms with Crippen LogP contribution in [0.5, 0.6) is 0 Å². The molecule has 0 radical (unpaired) electrons. The molecule has 196 valence electrons. The van der Waals surface area contributed by atoms with Crippen LogP contribution in [0.2, 0.25) is 0 Å². The summed E-state index contributed by atoms with van der Waals surface area (Å²) in [5, 5.41) is 21.0. The molecule has 3 aliphatic rings. The Morgan fingerprint density at radius 1 is 1.24 bits per heavy atom. The van der Waals surface area contributed by atoms with Gasteiger partial charge in [0.05, 0.1) is 43.2 Å². The molecular formula is C30H34N6O2. The SMILES string of the molecule is C=C/C=C\C=C/Cn1nccc1C1=NN(C2CCCN(C3=C(C#N)CC=CC=C3)CC2)CC=C(OC)C1=O. The van der Waals surface area contributed by atoms with Gasteiger partial charge in [-0.1, -0.05) is 55.2 Å². The molecule has 0 bridgehead atoms. The number of aromatic nitrogens is 2. The summed E-state index contributed by atoms with van der Waals surface area (Å²) in [5.41, 5.74) is 2.78. The highest BCUT2D eigenvalue weighted by Crippen LogP contribution is 2.26. The van der Waals surface area contributed by atoms with Gasteiger partial charge in [-0.2, -0.15) is 15.5 Å². The van der Waals surface area contributed by atoms with E-state index in [-0.39, 0.29) is 11.8 Å². The van der Waals surface area contributed by atoms with Crippen LogP contribution < -0.4 is 0 Å². The van der Waals surface area contributed by atoms with Gasteiger partial charge < -0.3 is 9.64 Å². The number of allylic oxidation sites excluding steroid dienone is 11. The number of ketones is 1. The molecule has 1 aromatic heterocycles. The summed E-state index contributed by atoms with van der Waals surface area (Å²) in [5.74, 6) is 0.0426. The number of carbonyl (C=O) groups is 1. The van der Waals surface area contributed by atoms with Crippen molar-refractivity contribution < 1.29 is 9.53 Å². The van der Waals surface area contributed by atoms with Crippen molar-refractivity contribution >= 4 is 11.5 Å². The van der Waals surface area contributed by atoms with Crippen molar-refractivity contribution in [1.82, 2.24) is 19.7 Å². The minimum Gasteiger partial charge on any atom is -0.493 e. The van der Waals surface area contributed by atoms with E-state index in [0.717, 1.165) is 43.6 Å². The van der Waals surface area contributed by atoms with E-state index in [0.29, 0.717) is 36.7 Å². The molecule has 8 heteroatoms. The monoisotopic (exact) mass is 510 g/mol. The average molecular weight is 511 g/mol. The van der Waals surface area contributed by atoms with Crippen molar-refractivity contribution in [2.24, 2.45) is 5.10 Å². The fourth-order valence-corrected chi connectivity index (χ4v) is 4.87. The Kier molecular flexibility index (Phi) is 9.30. The van der Waals surface area contributed by atoms with Gasteiger partial charge in [-0.3, -0.25) is 14.5 Å². The lowest BCUT2D eigenvalue weighted by Crippen LogP contribution is -2.34. The summed E-state index contributed by atoms with van der Waals surface area (Å²) in [6, 6.07) is 4.35. The Balaban J connectivity index is 1.57. The Bertz CT molecular complexity index is 1280. The molecule has 1 unspecified atom stereocenters. The third-order valence-electron chi connectivity index (χ3n) is 6.81. The number of hydrogen-bond donors (Lipinski definition) is 0. The van der Waals surface area contributed by atoms with Gasteiger partial charge in [-0.25, -0.2) is 0 Å². The van der Waals surface area contributed by atoms with Gasteiger partial charge in [0.25, 0.3) is 0 Å². The van der Waals surface area contributed by atoms with E-state index < -0.39 is 0 Å². The van der Waals surface area contributed by atoms with Crippen LogP contribution in [0.25, 0.3) is 0 Å². The number of hydrazone groups is 1. The smallest absolute Gasteiger partial charge is 0.249 e. The molecule has 1 aliphatic carbocycles. The second-order valence-corrected chi connectivity index (χ2v) is 9.16. The molecule has 1 atom stereocenters. The minimum absolute atomic E-state index is 0.148. The largest absolute Gasteiger partial charge is 0.493 e. The van der Waals surface area contributed by atoms with Crippen LogP contribution in [-0.2, 0) is 16.1 Å². The molecule has 8 nitrogen and oxygen atoms in total. The molecule has 0 N–H and O–H groups in total. The molecule has 3 heterocycles. The van der Waals surface area contributed by atoms with Gasteiger partial charge in [0.2, 0.25) is 5.78 Å². The molecule has 2 aliphatic heterocycles. The second kappa shape index (κ2) is 13.2. The maximum atomic E-state index is 13.4. The molecule has 4 rings (SSSR count). The maximum absolute atomic E-state index is 13.4. The maximum Gasteiger partial charge on any atom is 0.249 e. The molecule has 38 heavy (non-hydrogen) atoms. The molecule has 0 spiro atoms. The number of nitriles is 1. The summed E-state index contributed by atoms with van der Waals surface area (Å²) in [7, 11) is 1.52. The van der Waals surface area contributed by atoms with E-state index in [4.69, 9.17) is 9.84 Å². The van der Waals surface area contributed by atoms with Gasteiger partial charge >= 0.3 is 0 Å². The van der Waals surface area contributed by atoms with Crippen LogP contribution in [0.4, 0.5) is 0 Å². The quantitative estimate of drug-likeness (QED) is 0.481. The lowest BCUT2D eigenvalue weighted by molar-refractivity contribution is -0.112. The van der Waals surface area contributed by atoms with Gasteiger partial charge in [-0.05, 0) is 37.5 Å². The van der Waals surface area contributed by atoms with Crippen LogP contribution in [0, 0.1) is 11.3 Å². The summed E-state index contributed by atoms with van der Waals surface area (Å²) in [6.45, 7) is 6.34. The average Bonchev–Trinajstić information content (AvgIpc) is 3.09. The first-order valence-corrected chi connectivity index (χ1v) is 13.0. The zero-order chi connectivity index (χ0) is 26.7. The zero-order valence-electron chi connectivity index (χ0n) is 21.9. The predicted molar refractivity (Wildman–Crippen MR) is 149 cm³/mol. The molecule has 0 saturated carbocycles. The molecule has 1 fully saturated rings. The number of Topliss-reactive ketones (excluding diaryl/α,β-unsaturated/α-hetero) is 1. The summed E-state index contributed by atoms with van der Waals surface area (Å²) in [4.78, 5) is 15.7. The van der Waals surface area contributed by atoms with Crippen LogP contribution >= 0.6 is 0 Å². The number of likely N-dealkylation sites (tertiary alicyclic amines) is 1. The van der Waals surface area contributed by atoms with Crippen LogP contribution in [-0.4, -0.2) is 64.0 Å². The first-order chi connectivity index (χ1) is 18.7. The highest BCUT2D eigenvalue weighted by atomic mass is 16.5. The molecular weight excluding hydrogens is 476 g/mol. The van der Waals surface area contributed by atoms with Crippen LogP contribution in [0.3, 0.4) is 0 Å². The highest BCUT2D eigenvalue weighted by Gasteiger charge is 2.30. The van der Waals surface area contributed by atoms with E-state index in [1.807, 2.05) is 65.8 Å². The van der Waals surface area contributed by atoms with E-state index in [9.17, 15) is 10.1 Å². The van der Waals surface area contributed by atoms with Crippen LogP contribution in [0.15, 0.2) is 102 Å². The normalized spacial score (nSPS) is 20.7. The Morgan fingerprint density at radius 3 is 2.95 bits per heavy atom. The van der Waals surface area contributed by atoms with Gasteiger partial charge in [-0.15, -0.1) is 0 Å². The van der Waals surface area contributed by atoms with E-state index in [2.05, 4.69) is 22.6 Å². The zero-order valence-corrected chi connectivity index (χ0v) is 21.9. The topological polar surface area (TPSA) is 86.8 Å². The predicted octanol–water partition coefficient (Wildman–Crippen LogP) is 4.45. The fourth-order valence-electron chi connectivity index (χ4n) is 4.87. The number of ether oxygens (including phenoxy) is 1. The Hall–Kier alpha value is -4.38. The van der Waals surface area contributed by atoms with Gasteiger partial charge in [0, 0.05) is 31.7 Å². The Labute approximate surface area is 224 Å². The van der Waals surface area contributed by atoms with Crippen molar-refractivity contribution in [2.75, 3.05) is 26.7 Å². The molecule has 1 aromatic rings. The van der Waals surface area contributed by atoms with E-state index in [1.165, 1.54) is 7.11 Å². The summed E-state index contributed by atoms with van der Waals surface area (Å²) >= 11 is 0. The van der Waals surface area contributed by atoms with Crippen molar-refractivity contribution in [3.8, 4) is 6.07 Å². The lowest BCUT2D eigenvalue weighted by Gasteiger charge is -2.28. The molecule has 0 amide bonds. The highest BCUT2D eigenvalue weighted by molar-refractivity contribution is 6.50. The third kappa shape index (κ3) is 6.30. The third-order valence-corrected chi connectivity index (χ3v) is 6.81. The number of carbonyl (C=O) groups excluding carboxylic acids is 1. The Morgan fingerprint density at radius 2 is 2.13 bits per heavy atom. The number of hydrogen-bond acceptors (Lipinski definition) is 7. The van der Waals surface area contributed by atoms with Crippen molar-refractivity contribution in [3.63, 3.8) is 0 Å². The lowest BCUT2D eigenvalue weighted by atomic mass is 10.1. The fraction of sp³-hybridized carbons (Fsp3) is 0.333.